The van der Waals surface area contributed by atoms with Crippen molar-refractivity contribution in [2.45, 2.75) is 30.3 Å². The molecule has 6 heteroatoms. The minimum Gasteiger partial charge on any atom is -0.486 e. The first-order valence-corrected chi connectivity index (χ1v) is 12.3. The van der Waals surface area contributed by atoms with E-state index in [-0.39, 0.29) is 0 Å². The molecule has 0 amide bonds. The summed E-state index contributed by atoms with van der Waals surface area (Å²) in [5.41, 5.74) is 4.51. The van der Waals surface area contributed by atoms with Crippen LogP contribution in [0.1, 0.15) is 30.1 Å². The topological polar surface area (TPSA) is 51.7 Å². The summed E-state index contributed by atoms with van der Waals surface area (Å²) in [5.74, 6) is 1.70. The van der Waals surface area contributed by atoms with Gasteiger partial charge in [0.25, 0.3) is 0 Å². The third-order valence-corrected chi connectivity index (χ3v) is 6.96. The lowest BCUT2D eigenvalue weighted by molar-refractivity contribution is 0.170. The second kappa shape index (κ2) is 8.81. The van der Waals surface area contributed by atoms with E-state index in [1.54, 1.807) is 6.26 Å². The number of fused-ring (bicyclic) bond motifs is 1. The van der Waals surface area contributed by atoms with Gasteiger partial charge in [-0.2, -0.15) is 0 Å². The highest BCUT2D eigenvalue weighted by atomic mass is 32.2. The Balaban J connectivity index is 1.29. The van der Waals surface area contributed by atoms with Gasteiger partial charge in [0.15, 0.2) is 11.5 Å². The molecule has 0 spiro atoms. The maximum absolute atomic E-state index is 11.6. The summed E-state index contributed by atoms with van der Waals surface area (Å²) in [6.45, 7) is 3.12. The van der Waals surface area contributed by atoms with Crippen LogP contribution in [-0.2, 0) is 17.3 Å². The quantitative estimate of drug-likeness (QED) is 0.588. The van der Waals surface area contributed by atoms with Crippen LogP contribution in [0, 0.1) is 0 Å². The molecule has 0 N–H and O–H groups in total. The van der Waals surface area contributed by atoms with Crippen molar-refractivity contribution < 1.29 is 13.7 Å². The zero-order chi connectivity index (χ0) is 21.2. The molecule has 0 bridgehead atoms. The standard InChI is InChI=1S/C25H26N2O3S/c1-31(28)22-9-5-18(6-10-22)20-4-8-21(26-16-20)17-27-12-2-3-23(27)19-7-11-24-25(15-19)30-14-13-29-24/h4-11,15-16,23H,2-3,12-14,17H2,1H3/t23-,31?/m0/s1. The molecular formula is C25H26N2O3S. The lowest BCUT2D eigenvalue weighted by Gasteiger charge is -2.26. The van der Waals surface area contributed by atoms with Gasteiger partial charge in [0, 0.05) is 46.3 Å². The summed E-state index contributed by atoms with van der Waals surface area (Å²) in [7, 11) is -0.957. The van der Waals surface area contributed by atoms with Crippen molar-refractivity contribution in [1.29, 1.82) is 0 Å². The largest absolute Gasteiger partial charge is 0.486 e. The summed E-state index contributed by atoms with van der Waals surface area (Å²) in [5, 5.41) is 0. The second-order valence-corrected chi connectivity index (χ2v) is 9.43. The van der Waals surface area contributed by atoms with E-state index in [1.165, 1.54) is 12.0 Å². The molecule has 2 aliphatic rings. The highest BCUT2D eigenvalue weighted by Crippen LogP contribution is 2.38. The Morgan fingerprint density at radius 1 is 1.00 bits per heavy atom. The van der Waals surface area contributed by atoms with E-state index < -0.39 is 10.8 Å². The number of nitrogens with zero attached hydrogens (tertiary/aromatic N) is 2. The number of aromatic nitrogens is 1. The van der Waals surface area contributed by atoms with Crippen LogP contribution in [0.2, 0.25) is 0 Å². The Morgan fingerprint density at radius 3 is 2.52 bits per heavy atom. The van der Waals surface area contributed by atoms with Gasteiger partial charge in [0.05, 0.1) is 5.69 Å². The summed E-state index contributed by atoms with van der Waals surface area (Å²) in [6, 6.07) is 18.8. The third kappa shape index (κ3) is 4.36. The molecule has 2 atom stereocenters. The number of ether oxygens (including phenoxy) is 2. The normalized spacial score (nSPS) is 19.3. The van der Waals surface area contributed by atoms with Crippen molar-refractivity contribution in [2.24, 2.45) is 0 Å². The maximum atomic E-state index is 11.6. The Kier molecular flexibility index (Phi) is 5.74. The Morgan fingerprint density at radius 2 is 1.77 bits per heavy atom. The van der Waals surface area contributed by atoms with Gasteiger partial charge in [0.2, 0.25) is 0 Å². The van der Waals surface area contributed by atoms with Crippen LogP contribution < -0.4 is 9.47 Å². The van der Waals surface area contributed by atoms with Crippen molar-refractivity contribution in [3.8, 4) is 22.6 Å². The van der Waals surface area contributed by atoms with Crippen LogP contribution in [-0.4, -0.2) is 40.1 Å². The van der Waals surface area contributed by atoms with Crippen LogP contribution in [0.5, 0.6) is 11.5 Å². The van der Waals surface area contributed by atoms with Gasteiger partial charge in [-0.15, -0.1) is 0 Å². The smallest absolute Gasteiger partial charge is 0.161 e. The molecule has 1 aromatic heterocycles. The molecule has 1 unspecified atom stereocenters. The minimum atomic E-state index is -0.957. The minimum absolute atomic E-state index is 0.375. The van der Waals surface area contributed by atoms with Crippen molar-refractivity contribution in [3.05, 3.63) is 72.1 Å². The fraction of sp³-hybridized carbons (Fsp3) is 0.320. The van der Waals surface area contributed by atoms with E-state index in [9.17, 15) is 4.21 Å². The molecular weight excluding hydrogens is 408 g/mol. The molecule has 3 aromatic rings. The molecule has 160 valence electrons. The van der Waals surface area contributed by atoms with Gasteiger partial charge in [-0.1, -0.05) is 24.3 Å². The average molecular weight is 435 g/mol. The first kappa shape index (κ1) is 20.2. The third-order valence-electron chi connectivity index (χ3n) is 6.02. The van der Waals surface area contributed by atoms with E-state index in [4.69, 9.17) is 14.5 Å². The molecule has 2 aliphatic heterocycles. The van der Waals surface area contributed by atoms with Gasteiger partial charge in [-0.3, -0.25) is 14.1 Å². The van der Waals surface area contributed by atoms with Crippen molar-refractivity contribution in [2.75, 3.05) is 26.0 Å². The Labute approximate surface area is 185 Å². The van der Waals surface area contributed by atoms with Crippen molar-refractivity contribution >= 4 is 10.8 Å². The van der Waals surface area contributed by atoms with Crippen molar-refractivity contribution in [1.82, 2.24) is 9.88 Å². The first-order chi connectivity index (χ1) is 15.2. The SMILES string of the molecule is CS(=O)c1ccc(-c2ccc(CN3CCC[C@H]3c3ccc4c(c3)OCCO4)nc2)cc1. The number of hydrogen-bond acceptors (Lipinski definition) is 5. The molecule has 0 radical (unpaired) electrons. The maximum Gasteiger partial charge on any atom is 0.161 e. The summed E-state index contributed by atoms with van der Waals surface area (Å²) < 4.78 is 23.0. The molecule has 5 rings (SSSR count). The van der Waals surface area contributed by atoms with Gasteiger partial charge < -0.3 is 9.47 Å². The average Bonchev–Trinajstić information content (AvgIpc) is 3.27. The van der Waals surface area contributed by atoms with Crippen LogP contribution >= 0.6 is 0 Å². The predicted molar refractivity (Wildman–Crippen MR) is 122 cm³/mol. The van der Waals surface area contributed by atoms with Gasteiger partial charge in [0.1, 0.15) is 13.2 Å². The number of hydrogen-bond donors (Lipinski definition) is 0. The van der Waals surface area contributed by atoms with E-state index in [2.05, 4.69) is 29.2 Å². The van der Waals surface area contributed by atoms with Gasteiger partial charge in [-0.05, 0) is 60.8 Å². The zero-order valence-electron chi connectivity index (χ0n) is 17.6. The Hall–Kier alpha value is -2.70. The second-order valence-electron chi connectivity index (χ2n) is 8.05. The Bertz CT molecular complexity index is 1080. The van der Waals surface area contributed by atoms with Crippen LogP contribution in [0.15, 0.2) is 65.7 Å². The lowest BCUT2D eigenvalue weighted by atomic mass is 10.0. The lowest BCUT2D eigenvalue weighted by Crippen LogP contribution is -2.23. The zero-order valence-corrected chi connectivity index (χ0v) is 18.4. The number of pyridine rings is 1. The summed E-state index contributed by atoms with van der Waals surface area (Å²) in [6.07, 6.45) is 5.95. The molecule has 3 heterocycles. The van der Waals surface area contributed by atoms with E-state index in [1.807, 2.05) is 36.5 Å². The van der Waals surface area contributed by atoms with Crippen LogP contribution in [0.4, 0.5) is 0 Å². The summed E-state index contributed by atoms with van der Waals surface area (Å²) >= 11 is 0. The van der Waals surface area contributed by atoms with Gasteiger partial charge >= 0.3 is 0 Å². The molecule has 1 fully saturated rings. The number of rotatable bonds is 5. The number of benzene rings is 2. The highest BCUT2D eigenvalue weighted by molar-refractivity contribution is 7.84. The molecule has 2 aromatic carbocycles. The predicted octanol–water partition coefficient (Wildman–Crippen LogP) is 4.59. The molecule has 0 aliphatic carbocycles. The fourth-order valence-electron chi connectivity index (χ4n) is 4.40. The van der Waals surface area contributed by atoms with Gasteiger partial charge in [-0.25, -0.2) is 0 Å². The monoisotopic (exact) mass is 434 g/mol. The van der Waals surface area contributed by atoms with E-state index >= 15 is 0 Å². The fourth-order valence-corrected chi connectivity index (χ4v) is 4.92. The van der Waals surface area contributed by atoms with E-state index in [0.717, 1.165) is 52.7 Å². The van der Waals surface area contributed by atoms with Crippen molar-refractivity contribution in [3.63, 3.8) is 0 Å². The van der Waals surface area contributed by atoms with Crippen LogP contribution in [0.3, 0.4) is 0 Å². The molecule has 5 nitrogen and oxygen atoms in total. The highest BCUT2D eigenvalue weighted by Gasteiger charge is 2.27. The first-order valence-electron chi connectivity index (χ1n) is 10.7. The molecule has 0 saturated carbocycles. The van der Waals surface area contributed by atoms with E-state index in [0.29, 0.717) is 19.3 Å². The molecule has 31 heavy (non-hydrogen) atoms. The number of likely N-dealkylation sites (tertiary alicyclic amines) is 1. The molecule has 1 saturated heterocycles. The summed E-state index contributed by atoms with van der Waals surface area (Å²) in [4.78, 5) is 8.07. The van der Waals surface area contributed by atoms with Crippen LogP contribution in [0.25, 0.3) is 11.1 Å².